The van der Waals surface area contributed by atoms with Crippen molar-refractivity contribution in [3.05, 3.63) is 112 Å². The minimum Gasteiger partial charge on any atom is -0.337 e. The lowest BCUT2D eigenvalue weighted by atomic mass is 9.79. The van der Waals surface area contributed by atoms with E-state index in [1.807, 2.05) is 71.7 Å². The number of thiophene rings is 1. The highest BCUT2D eigenvalue weighted by atomic mass is 32.1. The highest BCUT2D eigenvalue weighted by molar-refractivity contribution is 7.10. The molecule has 1 atom stereocenters. The molecule has 29 heavy (non-hydrogen) atoms. The first kappa shape index (κ1) is 19.0. The molecule has 2 aromatic carbocycles. The van der Waals surface area contributed by atoms with Gasteiger partial charge in [-0.2, -0.15) is 0 Å². The number of aryl methyl sites for hydroxylation is 1. The van der Waals surface area contributed by atoms with E-state index < -0.39 is 11.8 Å². The number of imidazole rings is 1. The smallest absolute Gasteiger partial charge is 0.174 e. The number of Topliss-reactive ketones (excluding diaryl/α,β-unsaturated/α-hetero) is 2. The van der Waals surface area contributed by atoms with Gasteiger partial charge >= 0.3 is 0 Å². The van der Waals surface area contributed by atoms with Gasteiger partial charge in [-0.3, -0.25) is 9.59 Å². The van der Waals surface area contributed by atoms with Gasteiger partial charge in [0.2, 0.25) is 0 Å². The minimum atomic E-state index is -0.903. The van der Waals surface area contributed by atoms with Gasteiger partial charge in [0.05, 0.1) is 5.92 Å². The van der Waals surface area contributed by atoms with Gasteiger partial charge in [-0.05, 0) is 11.4 Å². The SMILES string of the molecule is Cn1ccnc1C(c1cccs1)C(C(=O)c1ccccc1)C(=O)c1ccccc1. The van der Waals surface area contributed by atoms with Crippen LogP contribution in [0, 0.1) is 5.92 Å². The van der Waals surface area contributed by atoms with E-state index in [4.69, 9.17) is 0 Å². The van der Waals surface area contributed by atoms with Crippen LogP contribution in [0.5, 0.6) is 0 Å². The lowest BCUT2D eigenvalue weighted by Crippen LogP contribution is -2.32. The third kappa shape index (κ3) is 3.82. The van der Waals surface area contributed by atoms with Gasteiger partial charge in [0.25, 0.3) is 0 Å². The average Bonchev–Trinajstić information content (AvgIpc) is 3.44. The fourth-order valence-corrected chi connectivity index (χ4v) is 4.43. The van der Waals surface area contributed by atoms with Crippen LogP contribution in [0.2, 0.25) is 0 Å². The number of carbonyl (C=O) groups excluding carboxylic acids is 2. The first-order valence-electron chi connectivity index (χ1n) is 9.36. The zero-order valence-electron chi connectivity index (χ0n) is 15.9. The summed E-state index contributed by atoms with van der Waals surface area (Å²) in [6.07, 6.45) is 3.54. The molecule has 0 radical (unpaired) electrons. The van der Waals surface area contributed by atoms with Gasteiger partial charge in [0, 0.05) is 35.4 Å². The molecule has 0 fully saturated rings. The number of nitrogens with zero attached hydrogens (tertiary/aromatic N) is 2. The second-order valence-corrected chi connectivity index (χ2v) is 7.81. The quantitative estimate of drug-likeness (QED) is 0.324. The molecular weight excluding hydrogens is 380 g/mol. The zero-order chi connectivity index (χ0) is 20.2. The van der Waals surface area contributed by atoms with Crippen LogP contribution in [-0.2, 0) is 7.05 Å². The van der Waals surface area contributed by atoms with Crippen molar-refractivity contribution in [2.45, 2.75) is 5.92 Å². The lowest BCUT2D eigenvalue weighted by molar-refractivity contribution is 0.0791. The summed E-state index contributed by atoms with van der Waals surface area (Å²) in [4.78, 5) is 32.8. The molecule has 4 nitrogen and oxygen atoms in total. The number of hydrogen-bond acceptors (Lipinski definition) is 4. The van der Waals surface area contributed by atoms with Crippen molar-refractivity contribution in [2.24, 2.45) is 13.0 Å². The molecule has 0 aliphatic heterocycles. The van der Waals surface area contributed by atoms with Crippen molar-refractivity contribution in [3.63, 3.8) is 0 Å². The van der Waals surface area contributed by atoms with Gasteiger partial charge in [-0.25, -0.2) is 4.98 Å². The first-order valence-corrected chi connectivity index (χ1v) is 10.2. The molecule has 1 unspecified atom stereocenters. The van der Waals surface area contributed by atoms with E-state index in [1.165, 1.54) is 11.3 Å². The summed E-state index contributed by atoms with van der Waals surface area (Å²) in [7, 11) is 1.89. The van der Waals surface area contributed by atoms with Crippen molar-refractivity contribution < 1.29 is 9.59 Å². The Bertz CT molecular complexity index is 1050. The maximum absolute atomic E-state index is 13.6. The summed E-state index contributed by atoms with van der Waals surface area (Å²) in [5.41, 5.74) is 1.05. The van der Waals surface area contributed by atoms with Crippen LogP contribution in [0.1, 0.15) is 37.3 Å². The molecule has 4 rings (SSSR count). The van der Waals surface area contributed by atoms with Crippen LogP contribution in [0.4, 0.5) is 0 Å². The summed E-state index contributed by atoms with van der Waals surface area (Å²) in [6, 6.07) is 21.9. The Morgan fingerprint density at radius 2 is 1.45 bits per heavy atom. The standard InChI is InChI=1S/C24H20N2O2S/c1-26-15-14-25-24(26)20(19-13-8-16-29-19)21(22(27)17-9-4-2-5-10-17)23(28)18-11-6-3-7-12-18/h2-16,20-21H,1H3. The molecule has 0 saturated heterocycles. The molecule has 0 amide bonds. The molecule has 4 aromatic rings. The van der Waals surface area contributed by atoms with Crippen molar-refractivity contribution in [3.8, 4) is 0 Å². The first-order chi connectivity index (χ1) is 14.2. The summed E-state index contributed by atoms with van der Waals surface area (Å²) < 4.78 is 1.88. The number of carbonyl (C=O) groups is 2. The predicted octanol–water partition coefficient (Wildman–Crippen LogP) is 5.00. The summed E-state index contributed by atoms with van der Waals surface area (Å²) in [5.74, 6) is -1.05. The van der Waals surface area contributed by atoms with Gasteiger partial charge in [0.1, 0.15) is 11.7 Å². The fraction of sp³-hybridized carbons (Fsp3) is 0.125. The third-order valence-corrected chi connectivity index (χ3v) is 5.96. The molecule has 0 N–H and O–H groups in total. The molecular formula is C24H20N2O2S. The normalized spacial score (nSPS) is 12.1. The van der Waals surface area contributed by atoms with Gasteiger partial charge in [0.15, 0.2) is 11.6 Å². The van der Waals surface area contributed by atoms with E-state index in [1.54, 1.807) is 30.5 Å². The number of rotatable bonds is 7. The Kier molecular flexibility index (Phi) is 5.49. The van der Waals surface area contributed by atoms with E-state index in [0.29, 0.717) is 17.0 Å². The van der Waals surface area contributed by atoms with Gasteiger partial charge in [-0.1, -0.05) is 66.7 Å². The van der Waals surface area contributed by atoms with E-state index in [-0.39, 0.29) is 11.6 Å². The maximum Gasteiger partial charge on any atom is 0.174 e. The van der Waals surface area contributed by atoms with Crippen molar-refractivity contribution in [1.29, 1.82) is 0 Å². The molecule has 144 valence electrons. The van der Waals surface area contributed by atoms with Gasteiger partial charge < -0.3 is 4.57 Å². The number of aromatic nitrogens is 2. The molecule has 0 aliphatic carbocycles. The number of hydrogen-bond donors (Lipinski definition) is 0. The third-order valence-electron chi connectivity index (χ3n) is 5.00. The average molecular weight is 401 g/mol. The molecule has 5 heteroatoms. The highest BCUT2D eigenvalue weighted by Gasteiger charge is 2.40. The summed E-state index contributed by atoms with van der Waals surface area (Å²) in [6.45, 7) is 0. The van der Waals surface area contributed by atoms with Crippen LogP contribution >= 0.6 is 11.3 Å². The maximum atomic E-state index is 13.6. The van der Waals surface area contributed by atoms with Gasteiger partial charge in [-0.15, -0.1) is 11.3 Å². The second kappa shape index (κ2) is 8.37. The Labute approximate surface area is 173 Å². The molecule has 0 spiro atoms. The molecule has 2 aromatic heterocycles. The Morgan fingerprint density at radius 1 is 0.862 bits per heavy atom. The second-order valence-electron chi connectivity index (χ2n) is 6.83. The van der Waals surface area contributed by atoms with Crippen LogP contribution in [-0.4, -0.2) is 21.1 Å². The highest BCUT2D eigenvalue weighted by Crippen LogP contribution is 2.37. The number of benzene rings is 2. The van der Waals surface area contributed by atoms with E-state index >= 15 is 0 Å². The Hall–Kier alpha value is -3.31. The molecule has 2 heterocycles. The molecule has 0 saturated carbocycles. The van der Waals surface area contributed by atoms with Crippen molar-refractivity contribution >= 4 is 22.9 Å². The number of ketones is 2. The topological polar surface area (TPSA) is 52.0 Å². The summed E-state index contributed by atoms with van der Waals surface area (Å²) in [5, 5.41) is 1.96. The monoisotopic (exact) mass is 400 g/mol. The van der Waals surface area contributed by atoms with Crippen LogP contribution in [0.3, 0.4) is 0 Å². The van der Waals surface area contributed by atoms with E-state index in [2.05, 4.69) is 4.98 Å². The van der Waals surface area contributed by atoms with Crippen LogP contribution < -0.4 is 0 Å². The van der Waals surface area contributed by atoms with Crippen molar-refractivity contribution in [1.82, 2.24) is 9.55 Å². The molecule has 0 aliphatic rings. The van der Waals surface area contributed by atoms with Crippen LogP contribution in [0.15, 0.2) is 90.6 Å². The Balaban J connectivity index is 1.89. The van der Waals surface area contributed by atoms with E-state index in [0.717, 1.165) is 4.88 Å². The Morgan fingerprint density at radius 3 is 1.90 bits per heavy atom. The fourth-order valence-electron chi connectivity index (χ4n) is 3.57. The van der Waals surface area contributed by atoms with E-state index in [9.17, 15) is 9.59 Å². The van der Waals surface area contributed by atoms with Crippen molar-refractivity contribution in [2.75, 3.05) is 0 Å². The summed E-state index contributed by atoms with van der Waals surface area (Å²) >= 11 is 1.53. The zero-order valence-corrected chi connectivity index (χ0v) is 16.8. The predicted molar refractivity (Wildman–Crippen MR) is 114 cm³/mol. The minimum absolute atomic E-state index is 0.194. The molecule has 0 bridgehead atoms. The largest absolute Gasteiger partial charge is 0.337 e. The lowest BCUT2D eigenvalue weighted by Gasteiger charge is -2.24. The van der Waals surface area contributed by atoms with Crippen LogP contribution in [0.25, 0.3) is 0 Å².